The number of aryl methyl sites for hydroxylation is 1. The molecule has 102 valence electrons. The van der Waals surface area contributed by atoms with Crippen LogP contribution in [0.25, 0.3) is 0 Å². The highest BCUT2D eigenvalue weighted by Gasteiger charge is 2.06. The summed E-state index contributed by atoms with van der Waals surface area (Å²) in [7, 11) is 5.53. The Hall–Kier alpha value is -1.40. The van der Waals surface area contributed by atoms with Gasteiger partial charge in [-0.05, 0) is 20.0 Å². The van der Waals surface area contributed by atoms with Gasteiger partial charge in [0, 0.05) is 33.4 Å². The summed E-state index contributed by atoms with van der Waals surface area (Å²) in [5.41, 5.74) is 0.602. The molecule has 0 aliphatic carbocycles. The fraction of sp³-hybridized carbons (Fsp3) is 0.667. The second-order valence-corrected chi connectivity index (χ2v) is 4.31. The fourth-order valence-corrected chi connectivity index (χ4v) is 1.55. The first-order chi connectivity index (χ1) is 8.63. The van der Waals surface area contributed by atoms with Crippen LogP contribution in [0.3, 0.4) is 0 Å². The van der Waals surface area contributed by atoms with Crippen molar-refractivity contribution in [2.24, 2.45) is 7.05 Å². The summed E-state index contributed by atoms with van der Waals surface area (Å²) in [6.07, 6.45) is 4.20. The molecule has 0 bridgehead atoms. The Balaban J connectivity index is 2.12. The van der Waals surface area contributed by atoms with E-state index in [-0.39, 0.29) is 5.91 Å². The molecule has 1 heterocycles. The molecule has 0 radical (unpaired) electrons. The number of carbonyl (C=O) groups excluding carboxylic acids is 1. The van der Waals surface area contributed by atoms with Crippen molar-refractivity contribution in [1.29, 1.82) is 0 Å². The molecule has 6 heteroatoms. The molecule has 0 aliphatic heterocycles. The van der Waals surface area contributed by atoms with Crippen molar-refractivity contribution in [3.63, 3.8) is 0 Å². The largest absolute Gasteiger partial charge is 0.383 e. The standard InChI is InChI=1S/C12H22N4O2/c1-15(7-8-18-3)6-4-5-13-12(17)11-9-14-16(2)10-11/h9-10H,4-8H2,1-3H3,(H,13,17). The summed E-state index contributed by atoms with van der Waals surface area (Å²) in [6, 6.07) is 0. The van der Waals surface area contributed by atoms with Crippen molar-refractivity contribution in [2.75, 3.05) is 40.4 Å². The molecule has 0 saturated heterocycles. The lowest BCUT2D eigenvalue weighted by molar-refractivity contribution is 0.0951. The quantitative estimate of drug-likeness (QED) is 0.669. The first-order valence-electron chi connectivity index (χ1n) is 6.08. The van der Waals surface area contributed by atoms with Crippen LogP contribution < -0.4 is 5.32 Å². The number of rotatable bonds is 8. The Kier molecular flexibility index (Phi) is 6.38. The number of carbonyl (C=O) groups is 1. The van der Waals surface area contributed by atoms with Gasteiger partial charge in [0.15, 0.2) is 0 Å². The zero-order valence-corrected chi connectivity index (χ0v) is 11.3. The highest BCUT2D eigenvalue weighted by molar-refractivity contribution is 5.93. The van der Waals surface area contributed by atoms with Gasteiger partial charge in [0.25, 0.3) is 5.91 Å². The number of amides is 1. The Morgan fingerprint density at radius 3 is 2.94 bits per heavy atom. The molecule has 1 amide bonds. The molecule has 0 atom stereocenters. The zero-order chi connectivity index (χ0) is 13.4. The second-order valence-electron chi connectivity index (χ2n) is 4.31. The lowest BCUT2D eigenvalue weighted by Gasteiger charge is -2.15. The third-order valence-corrected chi connectivity index (χ3v) is 2.65. The molecule has 0 fully saturated rings. The highest BCUT2D eigenvalue weighted by Crippen LogP contribution is 1.95. The summed E-state index contributed by atoms with van der Waals surface area (Å²) in [4.78, 5) is 13.9. The Morgan fingerprint density at radius 2 is 2.33 bits per heavy atom. The molecule has 0 aliphatic rings. The van der Waals surface area contributed by atoms with Crippen molar-refractivity contribution < 1.29 is 9.53 Å². The number of nitrogens with zero attached hydrogens (tertiary/aromatic N) is 3. The van der Waals surface area contributed by atoms with E-state index < -0.39 is 0 Å². The number of aromatic nitrogens is 2. The Bertz CT molecular complexity index is 365. The van der Waals surface area contributed by atoms with E-state index in [0.717, 1.165) is 26.1 Å². The third-order valence-electron chi connectivity index (χ3n) is 2.65. The van der Waals surface area contributed by atoms with Crippen molar-refractivity contribution in [1.82, 2.24) is 20.0 Å². The molecule has 0 spiro atoms. The van der Waals surface area contributed by atoms with Crippen LogP contribution in [-0.4, -0.2) is 61.0 Å². The molecule has 1 rings (SSSR count). The summed E-state index contributed by atoms with van der Waals surface area (Å²) in [6.45, 7) is 3.26. The molecule has 0 unspecified atom stereocenters. The maximum atomic E-state index is 11.7. The lowest BCUT2D eigenvalue weighted by atomic mass is 10.3. The summed E-state index contributed by atoms with van der Waals surface area (Å²) in [5.74, 6) is -0.0670. The van der Waals surface area contributed by atoms with E-state index in [1.54, 1.807) is 31.2 Å². The van der Waals surface area contributed by atoms with Crippen LogP contribution >= 0.6 is 0 Å². The smallest absolute Gasteiger partial charge is 0.254 e. The first-order valence-corrected chi connectivity index (χ1v) is 6.08. The van der Waals surface area contributed by atoms with E-state index in [1.807, 2.05) is 7.05 Å². The van der Waals surface area contributed by atoms with Crippen molar-refractivity contribution in [3.05, 3.63) is 18.0 Å². The van der Waals surface area contributed by atoms with Crippen LogP contribution in [0.5, 0.6) is 0 Å². The molecule has 1 aromatic rings. The fourth-order valence-electron chi connectivity index (χ4n) is 1.55. The van der Waals surface area contributed by atoms with Gasteiger partial charge in [0.1, 0.15) is 0 Å². The average Bonchev–Trinajstić information content (AvgIpc) is 2.78. The molecular weight excluding hydrogens is 232 g/mol. The first kappa shape index (κ1) is 14.7. The maximum Gasteiger partial charge on any atom is 0.254 e. The summed E-state index contributed by atoms with van der Waals surface area (Å²) < 4.78 is 6.61. The van der Waals surface area contributed by atoms with Crippen molar-refractivity contribution >= 4 is 5.91 Å². The van der Waals surface area contributed by atoms with Gasteiger partial charge in [0.05, 0.1) is 18.4 Å². The van der Waals surface area contributed by atoms with Gasteiger partial charge in [-0.3, -0.25) is 9.48 Å². The van der Waals surface area contributed by atoms with Crippen LogP contribution in [0.4, 0.5) is 0 Å². The summed E-state index contributed by atoms with van der Waals surface area (Å²) in [5, 5.41) is 6.84. The lowest BCUT2D eigenvalue weighted by Crippen LogP contribution is -2.29. The Morgan fingerprint density at radius 1 is 1.56 bits per heavy atom. The second kappa shape index (κ2) is 7.84. The SMILES string of the molecule is COCCN(C)CCCNC(=O)c1cnn(C)c1. The third kappa shape index (κ3) is 5.29. The van der Waals surface area contributed by atoms with Crippen LogP contribution in [0.15, 0.2) is 12.4 Å². The normalized spacial score (nSPS) is 10.9. The van der Waals surface area contributed by atoms with Gasteiger partial charge in [-0.2, -0.15) is 5.10 Å². The topological polar surface area (TPSA) is 59.4 Å². The van der Waals surface area contributed by atoms with Gasteiger partial charge in [-0.15, -0.1) is 0 Å². The van der Waals surface area contributed by atoms with Crippen LogP contribution in [0.2, 0.25) is 0 Å². The molecule has 1 aromatic heterocycles. The molecule has 0 aromatic carbocycles. The van der Waals surface area contributed by atoms with E-state index in [2.05, 4.69) is 15.3 Å². The average molecular weight is 254 g/mol. The predicted octanol–water partition coefficient (Wildman–Crippen LogP) is 0.118. The minimum atomic E-state index is -0.0670. The minimum Gasteiger partial charge on any atom is -0.383 e. The van der Waals surface area contributed by atoms with E-state index in [9.17, 15) is 4.79 Å². The molecular formula is C12H22N4O2. The zero-order valence-electron chi connectivity index (χ0n) is 11.3. The highest BCUT2D eigenvalue weighted by atomic mass is 16.5. The number of nitrogens with one attached hydrogen (secondary N) is 1. The molecule has 0 saturated carbocycles. The number of hydrogen-bond acceptors (Lipinski definition) is 4. The van der Waals surface area contributed by atoms with E-state index in [0.29, 0.717) is 12.1 Å². The number of ether oxygens (including phenoxy) is 1. The summed E-state index contributed by atoms with van der Waals surface area (Å²) >= 11 is 0. The molecule has 1 N–H and O–H groups in total. The number of likely N-dealkylation sites (N-methyl/N-ethyl adjacent to an activating group) is 1. The number of hydrogen-bond donors (Lipinski definition) is 1. The van der Waals surface area contributed by atoms with Crippen molar-refractivity contribution in [3.8, 4) is 0 Å². The van der Waals surface area contributed by atoms with E-state index in [1.165, 1.54) is 0 Å². The van der Waals surface area contributed by atoms with Gasteiger partial charge in [0.2, 0.25) is 0 Å². The van der Waals surface area contributed by atoms with Crippen LogP contribution in [0.1, 0.15) is 16.8 Å². The predicted molar refractivity (Wildman–Crippen MR) is 69.5 cm³/mol. The van der Waals surface area contributed by atoms with Crippen LogP contribution in [0, 0.1) is 0 Å². The molecule has 18 heavy (non-hydrogen) atoms. The minimum absolute atomic E-state index is 0.0670. The van der Waals surface area contributed by atoms with Gasteiger partial charge >= 0.3 is 0 Å². The van der Waals surface area contributed by atoms with E-state index in [4.69, 9.17) is 4.74 Å². The maximum absolute atomic E-state index is 11.7. The van der Waals surface area contributed by atoms with Crippen molar-refractivity contribution in [2.45, 2.75) is 6.42 Å². The van der Waals surface area contributed by atoms with E-state index >= 15 is 0 Å². The number of methoxy groups -OCH3 is 1. The molecule has 6 nitrogen and oxygen atoms in total. The Labute approximate surface area is 108 Å². The monoisotopic (exact) mass is 254 g/mol. The van der Waals surface area contributed by atoms with Gasteiger partial charge in [-0.25, -0.2) is 0 Å². The van der Waals surface area contributed by atoms with Gasteiger partial charge < -0.3 is 15.0 Å². The van der Waals surface area contributed by atoms with Crippen LogP contribution in [-0.2, 0) is 11.8 Å². The van der Waals surface area contributed by atoms with Gasteiger partial charge in [-0.1, -0.05) is 0 Å².